The molecule has 21 heavy (non-hydrogen) atoms. The summed E-state index contributed by atoms with van der Waals surface area (Å²) in [5, 5.41) is 9.22. The van der Waals surface area contributed by atoms with E-state index >= 15 is 0 Å². The SMILES string of the molecule is CC(=O)c1ccc2c(c1)N(C(C)C(=O)O)C(=O)C(C)(C)O2. The van der Waals surface area contributed by atoms with Crippen molar-refractivity contribution in [3.8, 4) is 5.75 Å². The van der Waals surface area contributed by atoms with E-state index in [4.69, 9.17) is 4.74 Å². The fourth-order valence-corrected chi connectivity index (χ4v) is 2.22. The Labute approximate surface area is 122 Å². The molecule has 6 nitrogen and oxygen atoms in total. The highest BCUT2D eigenvalue weighted by molar-refractivity contribution is 6.07. The Morgan fingerprint density at radius 3 is 2.48 bits per heavy atom. The Morgan fingerprint density at radius 2 is 1.95 bits per heavy atom. The number of hydrogen-bond acceptors (Lipinski definition) is 4. The lowest BCUT2D eigenvalue weighted by Crippen LogP contribution is -2.57. The van der Waals surface area contributed by atoms with Gasteiger partial charge in [-0.1, -0.05) is 0 Å². The normalized spacial score (nSPS) is 17.7. The minimum absolute atomic E-state index is 0.169. The number of nitrogens with zero attached hydrogens (tertiary/aromatic N) is 1. The first kappa shape index (κ1) is 15.0. The Morgan fingerprint density at radius 1 is 1.33 bits per heavy atom. The molecule has 0 aromatic heterocycles. The second kappa shape index (κ2) is 4.87. The first-order valence-corrected chi connectivity index (χ1v) is 6.55. The summed E-state index contributed by atoms with van der Waals surface area (Å²) >= 11 is 0. The van der Waals surface area contributed by atoms with Crippen LogP contribution in [0.4, 0.5) is 5.69 Å². The minimum atomic E-state index is -1.16. The second-order valence-corrected chi connectivity index (χ2v) is 5.54. The number of hydrogen-bond donors (Lipinski definition) is 1. The molecule has 1 aliphatic heterocycles. The number of benzene rings is 1. The van der Waals surface area contributed by atoms with Crippen LogP contribution in [-0.2, 0) is 9.59 Å². The molecule has 0 spiro atoms. The lowest BCUT2D eigenvalue weighted by atomic mass is 10.00. The standard InChI is InChI=1S/C15H17NO5/c1-8(13(18)19)16-11-7-10(9(2)17)5-6-12(11)21-15(3,4)14(16)20/h5-8H,1-4H3,(H,18,19). The van der Waals surface area contributed by atoms with Gasteiger partial charge in [0, 0.05) is 5.56 Å². The summed E-state index contributed by atoms with van der Waals surface area (Å²) in [4.78, 5) is 36.4. The van der Waals surface area contributed by atoms with Gasteiger partial charge in [0.1, 0.15) is 11.8 Å². The molecule has 0 radical (unpaired) electrons. The zero-order valence-corrected chi connectivity index (χ0v) is 12.3. The van der Waals surface area contributed by atoms with Crippen molar-refractivity contribution in [2.75, 3.05) is 4.90 Å². The van der Waals surface area contributed by atoms with Crippen LogP contribution in [0.15, 0.2) is 18.2 Å². The van der Waals surface area contributed by atoms with E-state index < -0.39 is 23.5 Å². The maximum absolute atomic E-state index is 12.5. The number of carboxylic acid groups (broad SMARTS) is 1. The number of anilines is 1. The predicted octanol–water partition coefficient (Wildman–Crippen LogP) is 1.87. The molecule has 0 saturated carbocycles. The lowest BCUT2D eigenvalue weighted by molar-refractivity contribution is -0.142. The highest BCUT2D eigenvalue weighted by Gasteiger charge is 2.44. The molecule has 1 heterocycles. The minimum Gasteiger partial charge on any atom is -0.480 e. The van der Waals surface area contributed by atoms with Crippen LogP contribution in [0.2, 0.25) is 0 Å². The molecule has 0 fully saturated rings. The molecule has 0 saturated heterocycles. The number of fused-ring (bicyclic) bond motifs is 1. The number of rotatable bonds is 3. The van der Waals surface area contributed by atoms with Crippen LogP contribution < -0.4 is 9.64 Å². The van der Waals surface area contributed by atoms with E-state index in [-0.39, 0.29) is 5.78 Å². The number of ketones is 1. The molecule has 1 N–H and O–H groups in total. The van der Waals surface area contributed by atoms with Gasteiger partial charge in [0.05, 0.1) is 5.69 Å². The number of carbonyl (C=O) groups is 3. The van der Waals surface area contributed by atoms with Crippen molar-refractivity contribution in [3.05, 3.63) is 23.8 Å². The summed E-state index contributed by atoms with van der Waals surface area (Å²) in [6.45, 7) is 5.99. The summed E-state index contributed by atoms with van der Waals surface area (Å²) in [7, 11) is 0. The summed E-state index contributed by atoms with van der Waals surface area (Å²) in [5.74, 6) is -1.36. The van der Waals surface area contributed by atoms with Crippen LogP contribution in [0.3, 0.4) is 0 Å². The highest BCUT2D eigenvalue weighted by Crippen LogP contribution is 2.39. The van der Waals surface area contributed by atoms with Gasteiger partial charge >= 0.3 is 5.97 Å². The predicted molar refractivity (Wildman–Crippen MR) is 75.7 cm³/mol. The molecule has 1 aromatic rings. The van der Waals surface area contributed by atoms with Crippen molar-refractivity contribution in [2.45, 2.75) is 39.3 Å². The maximum Gasteiger partial charge on any atom is 0.326 e. The van der Waals surface area contributed by atoms with Crippen molar-refractivity contribution >= 4 is 23.3 Å². The quantitative estimate of drug-likeness (QED) is 0.859. The Balaban J connectivity index is 2.63. The van der Waals surface area contributed by atoms with E-state index in [9.17, 15) is 19.5 Å². The zero-order chi connectivity index (χ0) is 15.9. The molecule has 1 amide bonds. The number of carboxylic acids is 1. The number of ether oxygens (including phenoxy) is 1. The molecular formula is C15H17NO5. The molecular weight excluding hydrogens is 274 g/mol. The fourth-order valence-electron chi connectivity index (χ4n) is 2.22. The smallest absolute Gasteiger partial charge is 0.326 e. The van der Waals surface area contributed by atoms with Crippen molar-refractivity contribution in [1.29, 1.82) is 0 Å². The summed E-state index contributed by atoms with van der Waals surface area (Å²) in [6, 6.07) is 3.62. The Kier molecular flexibility index (Phi) is 3.49. The van der Waals surface area contributed by atoms with Crippen molar-refractivity contribution in [3.63, 3.8) is 0 Å². The molecule has 0 bridgehead atoms. The average molecular weight is 291 g/mol. The van der Waals surface area contributed by atoms with Gasteiger partial charge in [0.25, 0.3) is 5.91 Å². The highest BCUT2D eigenvalue weighted by atomic mass is 16.5. The third-order valence-corrected chi connectivity index (χ3v) is 3.47. The van der Waals surface area contributed by atoms with Crippen LogP contribution in [0, 0.1) is 0 Å². The average Bonchev–Trinajstić information content (AvgIpc) is 2.38. The Bertz CT molecular complexity index is 635. The van der Waals surface area contributed by atoms with Crippen molar-refractivity contribution in [1.82, 2.24) is 0 Å². The van der Waals surface area contributed by atoms with E-state index in [0.717, 1.165) is 0 Å². The van der Waals surface area contributed by atoms with Gasteiger partial charge in [0.2, 0.25) is 0 Å². The molecule has 1 atom stereocenters. The van der Waals surface area contributed by atoms with Gasteiger partial charge in [-0.3, -0.25) is 14.5 Å². The van der Waals surface area contributed by atoms with Crippen LogP contribution in [0.25, 0.3) is 0 Å². The van der Waals surface area contributed by atoms with E-state index in [2.05, 4.69) is 0 Å². The number of amides is 1. The lowest BCUT2D eigenvalue weighted by Gasteiger charge is -2.40. The van der Waals surface area contributed by atoms with Gasteiger partial charge in [-0.15, -0.1) is 0 Å². The molecule has 1 aliphatic rings. The van der Waals surface area contributed by atoms with Crippen LogP contribution in [0.5, 0.6) is 5.75 Å². The van der Waals surface area contributed by atoms with E-state index in [1.54, 1.807) is 26.0 Å². The van der Waals surface area contributed by atoms with E-state index in [0.29, 0.717) is 17.0 Å². The first-order chi connectivity index (χ1) is 9.65. The monoisotopic (exact) mass is 291 g/mol. The molecule has 6 heteroatoms. The molecule has 0 aliphatic carbocycles. The molecule has 112 valence electrons. The number of Topliss-reactive ketones (excluding diaryl/α,β-unsaturated/α-hetero) is 1. The van der Waals surface area contributed by atoms with Crippen LogP contribution in [-0.4, -0.2) is 34.4 Å². The van der Waals surface area contributed by atoms with E-state index in [1.807, 2.05) is 0 Å². The maximum atomic E-state index is 12.5. The van der Waals surface area contributed by atoms with Crippen LogP contribution >= 0.6 is 0 Å². The second-order valence-electron chi connectivity index (χ2n) is 5.54. The van der Waals surface area contributed by atoms with Gasteiger partial charge in [-0.25, -0.2) is 4.79 Å². The summed E-state index contributed by atoms with van der Waals surface area (Å²) < 4.78 is 5.63. The summed E-state index contributed by atoms with van der Waals surface area (Å²) in [5.41, 5.74) is -0.455. The number of aliphatic carboxylic acids is 1. The van der Waals surface area contributed by atoms with Gasteiger partial charge in [-0.05, 0) is 45.9 Å². The number of carbonyl (C=O) groups excluding carboxylic acids is 2. The largest absolute Gasteiger partial charge is 0.480 e. The van der Waals surface area contributed by atoms with Crippen molar-refractivity contribution < 1.29 is 24.2 Å². The molecule has 1 unspecified atom stereocenters. The summed E-state index contributed by atoms with van der Waals surface area (Å²) in [6.07, 6.45) is 0. The van der Waals surface area contributed by atoms with Gasteiger partial charge in [0.15, 0.2) is 11.4 Å². The topological polar surface area (TPSA) is 83.9 Å². The third kappa shape index (κ3) is 2.49. The van der Waals surface area contributed by atoms with Crippen LogP contribution in [0.1, 0.15) is 38.1 Å². The van der Waals surface area contributed by atoms with Crippen molar-refractivity contribution in [2.24, 2.45) is 0 Å². The van der Waals surface area contributed by atoms with Gasteiger partial charge < -0.3 is 9.84 Å². The van der Waals surface area contributed by atoms with Gasteiger partial charge in [-0.2, -0.15) is 0 Å². The molecule has 2 rings (SSSR count). The fraction of sp³-hybridized carbons (Fsp3) is 0.400. The third-order valence-electron chi connectivity index (χ3n) is 3.47. The molecule has 1 aromatic carbocycles. The first-order valence-electron chi connectivity index (χ1n) is 6.55. The van der Waals surface area contributed by atoms with E-state index in [1.165, 1.54) is 24.8 Å². The Hall–Kier alpha value is -2.37. The zero-order valence-electron chi connectivity index (χ0n) is 12.3.